The lowest BCUT2D eigenvalue weighted by molar-refractivity contribution is -0.133. The lowest BCUT2D eigenvalue weighted by Crippen LogP contribution is -2.45. The van der Waals surface area contributed by atoms with Crippen LogP contribution in [-0.4, -0.2) is 31.2 Å². The van der Waals surface area contributed by atoms with Crippen molar-refractivity contribution in [1.82, 2.24) is 10.6 Å². The van der Waals surface area contributed by atoms with Crippen LogP contribution >= 0.6 is 0 Å². The molecule has 3 N–H and O–H groups in total. The van der Waals surface area contributed by atoms with Crippen LogP contribution in [0.15, 0.2) is 35.5 Å². The fraction of sp³-hybridized carbons (Fsp3) is 0.286. The number of nitrogens with zero attached hydrogens (tertiary/aromatic N) is 1. The number of carboxylic acids is 1. The molecule has 6 nitrogen and oxygen atoms in total. The zero-order valence-corrected chi connectivity index (χ0v) is 11.6. The molecule has 2 rings (SSSR count). The van der Waals surface area contributed by atoms with E-state index in [0.717, 1.165) is 11.3 Å². The average molecular weight is 275 g/mol. The molecule has 1 atom stereocenters. The van der Waals surface area contributed by atoms with E-state index in [9.17, 15) is 14.7 Å². The van der Waals surface area contributed by atoms with Crippen molar-refractivity contribution in [2.24, 2.45) is 0 Å². The highest BCUT2D eigenvalue weighted by atomic mass is 16.4. The maximum atomic E-state index is 11.5. The van der Waals surface area contributed by atoms with Crippen molar-refractivity contribution >= 4 is 17.7 Å². The van der Waals surface area contributed by atoms with Gasteiger partial charge in [-0.15, -0.1) is 0 Å². The van der Waals surface area contributed by atoms with Gasteiger partial charge in [0.15, 0.2) is 0 Å². The number of hydrogen-bond donors (Lipinski definition) is 3. The van der Waals surface area contributed by atoms with E-state index in [1.165, 1.54) is 0 Å². The molecule has 1 aliphatic rings. The summed E-state index contributed by atoms with van der Waals surface area (Å²) in [6.45, 7) is 1.59. The van der Waals surface area contributed by atoms with E-state index in [1.807, 2.05) is 43.3 Å². The SMILES string of the molecule is CC1=C(C(=O)O)[C@@H](c2ccc(N(C)C)cc2)NC(=O)N1. The van der Waals surface area contributed by atoms with Gasteiger partial charge in [-0.1, -0.05) is 12.1 Å². The highest BCUT2D eigenvalue weighted by Crippen LogP contribution is 2.27. The first-order valence-electron chi connectivity index (χ1n) is 6.19. The van der Waals surface area contributed by atoms with Gasteiger partial charge in [0, 0.05) is 25.5 Å². The molecule has 0 aliphatic carbocycles. The quantitative estimate of drug-likeness (QED) is 0.780. The van der Waals surface area contributed by atoms with Gasteiger partial charge in [0.05, 0.1) is 11.6 Å². The highest BCUT2D eigenvalue weighted by Gasteiger charge is 2.30. The zero-order chi connectivity index (χ0) is 14.9. The Morgan fingerprint density at radius 3 is 2.35 bits per heavy atom. The summed E-state index contributed by atoms with van der Waals surface area (Å²) in [7, 11) is 3.85. The molecule has 1 aliphatic heterocycles. The minimum atomic E-state index is -1.04. The van der Waals surface area contributed by atoms with E-state index >= 15 is 0 Å². The standard InChI is InChI=1S/C14H17N3O3/c1-8-11(13(18)19)12(16-14(20)15-8)9-4-6-10(7-5-9)17(2)3/h4-7,12H,1-3H3,(H,18,19)(H2,15,16,20)/t12-/m1/s1. The Hall–Kier alpha value is -2.50. The minimum Gasteiger partial charge on any atom is -0.478 e. The first-order valence-corrected chi connectivity index (χ1v) is 6.19. The number of urea groups is 1. The van der Waals surface area contributed by atoms with Crippen LogP contribution in [0.5, 0.6) is 0 Å². The number of allylic oxidation sites excluding steroid dienone is 1. The van der Waals surface area contributed by atoms with E-state index in [4.69, 9.17) is 0 Å². The van der Waals surface area contributed by atoms with Crippen molar-refractivity contribution in [3.8, 4) is 0 Å². The Morgan fingerprint density at radius 1 is 1.25 bits per heavy atom. The molecule has 2 amide bonds. The van der Waals surface area contributed by atoms with Crippen molar-refractivity contribution in [1.29, 1.82) is 0 Å². The van der Waals surface area contributed by atoms with Crippen LogP contribution in [0, 0.1) is 0 Å². The monoisotopic (exact) mass is 275 g/mol. The number of carboxylic acid groups (broad SMARTS) is 1. The Bertz CT molecular complexity index is 576. The fourth-order valence-electron chi connectivity index (χ4n) is 2.19. The molecule has 1 aromatic rings. The van der Waals surface area contributed by atoms with Gasteiger partial charge < -0.3 is 20.6 Å². The summed E-state index contributed by atoms with van der Waals surface area (Å²) in [6.07, 6.45) is 0. The van der Waals surface area contributed by atoms with Crippen LogP contribution in [0.4, 0.5) is 10.5 Å². The van der Waals surface area contributed by atoms with Gasteiger partial charge in [-0.2, -0.15) is 0 Å². The molecule has 0 saturated heterocycles. The molecule has 0 unspecified atom stereocenters. The molecule has 0 spiro atoms. The van der Waals surface area contributed by atoms with Gasteiger partial charge in [-0.05, 0) is 24.6 Å². The lowest BCUT2D eigenvalue weighted by atomic mass is 9.95. The van der Waals surface area contributed by atoms with Crippen molar-refractivity contribution in [3.05, 3.63) is 41.1 Å². The predicted molar refractivity (Wildman–Crippen MR) is 75.5 cm³/mol. The summed E-state index contributed by atoms with van der Waals surface area (Å²) < 4.78 is 0. The molecule has 20 heavy (non-hydrogen) atoms. The van der Waals surface area contributed by atoms with Gasteiger partial charge in [0.1, 0.15) is 0 Å². The van der Waals surface area contributed by atoms with Crippen LogP contribution in [0.1, 0.15) is 18.5 Å². The smallest absolute Gasteiger partial charge is 0.335 e. The summed E-state index contributed by atoms with van der Waals surface area (Å²) >= 11 is 0. The van der Waals surface area contributed by atoms with Gasteiger partial charge in [0.25, 0.3) is 0 Å². The van der Waals surface area contributed by atoms with Crippen molar-refractivity contribution in [2.45, 2.75) is 13.0 Å². The van der Waals surface area contributed by atoms with Crippen LogP contribution in [0.25, 0.3) is 0 Å². The minimum absolute atomic E-state index is 0.155. The second-order valence-corrected chi connectivity index (χ2v) is 4.86. The van der Waals surface area contributed by atoms with Crippen molar-refractivity contribution in [3.63, 3.8) is 0 Å². The normalized spacial score (nSPS) is 18.4. The Kier molecular flexibility index (Phi) is 3.65. The van der Waals surface area contributed by atoms with E-state index in [1.54, 1.807) is 6.92 Å². The summed E-state index contributed by atoms with van der Waals surface area (Å²) in [5, 5.41) is 14.4. The van der Waals surface area contributed by atoms with Gasteiger partial charge >= 0.3 is 12.0 Å². The number of amides is 2. The molecule has 0 bridgehead atoms. The Balaban J connectivity index is 2.41. The number of carbonyl (C=O) groups excluding carboxylic acids is 1. The van der Waals surface area contributed by atoms with Crippen LogP contribution < -0.4 is 15.5 Å². The van der Waals surface area contributed by atoms with Gasteiger partial charge in [-0.3, -0.25) is 0 Å². The summed E-state index contributed by atoms with van der Waals surface area (Å²) in [5.74, 6) is -1.04. The Labute approximate surface area is 117 Å². The predicted octanol–water partition coefficient (Wildman–Crippen LogP) is 1.47. The molecule has 1 heterocycles. The molecule has 1 aromatic carbocycles. The third-order valence-corrected chi connectivity index (χ3v) is 3.24. The Morgan fingerprint density at radius 2 is 1.85 bits per heavy atom. The second kappa shape index (κ2) is 5.24. The number of aliphatic carboxylic acids is 1. The number of hydrogen-bond acceptors (Lipinski definition) is 3. The number of nitrogens with one attached hydrogen (secondary N) is 2. The van der Waals surface area contributed by atoms with E-state index in [2.05, 4.69) is 10.6 Å². The topological polar surface area (TPSA) is 81.7 Å². The summed E-state index contributed by atoms with van der Waals surface area (Å²) in [4.78, 5) is 24.9. The zero-order valence-electron chi connectivity index (χ0n) is 11.6. The van der Waals surface area contributed by atoms with Crippen molar-refractivity contribution < 1.29 is 14.7 Å². The van der Waals surface area contributed by atoms with E-state index < -0.39 is 18.0 Å². The number of rotatable bonds is 3. The average Bonchev–Trinajstić information content (AvgIpc) is 2.37. The molecular weight excluding hydrogens is 258 g/mol. The van der Waals surface area contributed by atoms with Crippen LogP contribution in [-0.2, 0) is 4.79 Å². The molecule has 106 valence electrons. The lowest BCUT2D eigenvalue weighted by Gasteiger charge is -2.27. The van der Waals surface area contributed by atoms with Crippen molar-refractivity contribution in [2.75, 3.05) is 19.0 Å². The maximum Gasteiger partial charge on any atom is 0.335 e. The van der Waals surface area contributed by atoms with Crippen LogP contribution in [0.3, 0.4) is 0 Å². The molecule has 0 fully saturated rings. The number of carbonyl (C=O) groups is 2. The first kappa shape index (κ1) is 13.9. The van der Waals surface area contributed by atoms with Gasteiger partial charge in [-0.25, -0.2) is 9.59 Å². The molecule has 6 heteroatoms. The summed E-state index contributed by atoms with van der Waals surface area (Å²) in [5.41, 5.74) is 2.26. The molecule has 0 aromatic heterocycles. The first-order chi connectivity index (χ1) is 9.40. The fourth-order valence-corrected chi connectivity index (χ4v) is 2.19. The third kappa shape index (κ3) is 2.59. The molecule has 0 saturated carbocycles. The molecular formula is C14H17N3O3. The number of benzene rings is 1. The maximum absolute atomic E-state index is 11.5. The third-order valence-electron chi connectivity index (χ3n) is 3.24. The summed E-state index contributed by atoms with van der Waals surface area (Å²) in [6, 6.07) is 6.38. The molecule has 0 radical (unpaired) electrons. The van der Waals surface area contributed by atoms with E-state index in [0.29, 0.717) is 5.70 Å². The number of anilines is 1. The largest absolute Gasteiger partial charge is 0.478 e. The van der Waals surface area contributed by atoms with Gasteiger partial charge in [0.2, 0.25) is 0 Å². The second-order valence-electron chi connectivity index (χ2n) is 4.86. The highest BCUT2D eigenvalue weighted by molar-refractivity contribution is 5.93. The van der Waals surface area contributed by atoms with E-state index in [-0.39, 0.29) is 5.57 Å². The van der Waals surface area contributed by atoms with Crippen LogP contribution in [0.2, 0.25) is 0 Å².